The van der Waals surface area contributed by atoms with Crippen LogP contribution in [-0.4, -0.2) is 38.3 Å². The van der Waals surface area contributed by atoms with Gasteiger partial charge in [0.2, 0.25) is 5.91 Å². The van der Waals surface area contributed by atoms with Gasteiger partial charge in [0.05, 0.1) is 18.1 Å². The SMILES string of the molecule is COCC(C)(C)NC(=O)[C@H]1CNC[C@@H]1C. The Balaban J connectivity index is 2.47. The Morgan fingerprint density at radius 2 is 2.20 bits per heavy atom. The Labute approximate surface area is 91.8 Å². The molecule has 0 aliphatic carbocycles. The van der Waals surface area contributed by atoms with Gasteiger partial charge in [0.25, 0.3) is 0 Å². The summed E-state index contributed by atoms with van der Waals surface area (Å²) in [5.41, 5.74) is -0.284. The maximum absolute atomic E-state index is 11.9. The molecule has 0 unspecified atom stereocenters. The molecule has 0 aromatic heterocycles. The van der Waals surface area contributed by atoms with E-state index in [2.05, 4.69) is 17.6 Å². The third-order valence-corrected chi connectivity index (χ3v) is 2.82. The number of carbonyl (C=O) groups is 1. The number of hydrogen-bond acceptors (Lipinski definition) is 3. The van der Waals surface area contributed by atoms with Crippen LogP contribution in [0.5, 0.6) is 0 Å². The van der Waals surface area contributed by atoms with E-state index in [0.717, 1.165) is 13.1 Å². The number of rotatable bonds is 4. The highest BCUT2D eigenvalue weighted by atomic mass is 16.5. The van der Waals surface area contributed by atoms with E-state index in [1.807, 2.05) is 13.8 Å². The lowest BCUT2D eigenvalue weighted by Crippen LogP contribution is -2.50. The lowest BCUT2D eigenvalue weighted by atomic mass is 9.95. The monoisotopic (exact) mass is 214 g/mol. The van der Waals surface area contributed by atoms with E-state index in [1.54, 1.807) is 7.11 Å². The number of ether oxygens (including phenoxy) is 1. The van der Waals surface area contributed by atoms with Gasteiger partial charge in [-0.2, -0.15) is 0 Å². The zero-order valence-corrected chi connectivity index (χ0v) is 10.1. The summed E-state index contributed by atoms with van der Waals surface area (Å²) in [7, 11) is 1.65. The third kappa shape index (κ3) is 3.47. The molecular weight excluding hydrogens is 192 g/mol. The molecule has 0 aromatic rings. The predicted molar refractivity (Wildman–Crippen MR) is 59.6 cm³/mol. The molecule has 4 heteroatoms. The zero-order chi connectivity index (χ0) is 11.5. The second-order valence-electron chi connectivity index (χ2n) is 5.05. The first-order valence-electron chi connectivity index (χ1n) is 5.48. The van der Waals surface area contributed by atoms with Crippen LogP contribution in [0.3, 0.4) is 0 Å². The van der Waals surface area contributed by atoms with Crippen LogP contribution in [0.1, 0.15) is 20.8 Å². The normalized spacial score (nSPS) is 26.7. The zero-order valence-electron chi connectivity index (χ0n) is 10.1. The molecule has 1 heterocycles. The molecule has 0 spiro atoms. The van der Waals surface area contributed by atoms with Gasteiger partial charge in [0.15, 0.2) is 0 Å². The number of nitrogens with one attached hydrogen (secondary N) is 2. The number of carbonyl (C=O) groups excluding carboxylic acids is 1. The lowest BCUT2D eigenvalue weighted by molar-refractivity contribution is -0.127. The molecule has 1 aliphatic rings. The number of methoxy groups -OCH3 is 1. The molecule has 2 N–H and O–H groups in total. The molecule has 0 saturated carbocycles. The van der Waals surface area contributed by atoms with E-state index in [1.165, 1.54) is 0 Å². The number of hydrogen-bond donors (Lipinski definition) is 2. The average molecular weight is 214 g/mol. The van der Waals surface area contributed by atoms with Gasteiger partial charge < -0.3 is 15.4 Å². The first-order valence-corrected chi connectivity index (χ1v) is 5.48. The average Bonchev–Trinajstić information content (AvgIpc) is 2.50. The van der Waals surface area contributed by atoms with Crippen LogP contribution in [0.4, 0.5) is 0 Å². The van der Waals surface area contributed by atoms with E-state index in [4.69, 9.17) is 4.74 Å². The van der Waals surface area contributed by atoms with Crippen LogP contribution < -0.4 is 10.6 Å². The van der Waals surface area contributed by atoms with Crippen molar-refractivity contribution in [3.63, 3.8) is 0 Å². The Bertz CT molecular complexity index is 229. The first kappa shape index (κ1) is 12.5. The van der Waals surface area contributed by atoms with Crippen LogP contribution in [0, 0.1) is 11.8 Å². The fourth-order valence-corrected chi connectivity index (χ4v) is 1.98. The second-order valence-corrected chi connectivity index (χ2v) is 5.05. The molecule has 1 rings (SSSR count). The highest BCUT2D eigenvalue weighted by Crippen LogP contribution is 2.17. The quantitative estimate of drug-likeness (QED) is 0.711. The summed E-state index contributed by atoms with van der Waals surface area (Å²) >= 11 is 0. The Morgan fingerprint density at radius 3 is 2.67 bits per heavy atom. The van der Waals surface area contributed by atoms with Crippen molar-refractivity contribution in [1.82, 2.24) is 10.6 Å². The van der Waals surface area contributed by atoms with Crippen molar-refractivity contribution < 1.29 is 9.53 Å². The minimum atomic E-state index is -0.284. The third-order valence-electron chi connectivity index (χ3n) is 2.82. The van der Waals surface area contributed by atoms with Gasteiger partial charge in [-0.1, -0.05) is 6.92 Å². The van der Waals surface area contributed by atoms with Crippen molar-refractivity contribution in [2.45, 2.75) is 26.3 Å². The Morgan fingerprint density at radius 1 is 1.53 bits per heavy atom. The fraction of sp³-hybridized carbons (Fsp3) is 0.909. The van der Waals surface area contributed by atoms with E-state index in [9.17, 15) is 4.79 Å². The molecular formula is C11H22N2O2. The van der Waals surface area contributed by atoms with Gasteiger partial charge >= 0.3 is 0 Å². The van der Waals surface area contributed by atoms with Crippen LogP contribution >= 0.6 is 0 Å². The minimum absolute atomic E-state index is 0.0983. The second kappa shape index (κ2) is 4.94. The molecule has 1 fully saturated rings. The summed E-state index contributed by atoms with van der Waals surface area (Å²) in [6.45, 7) is 8.31. The van der Waals surface area contributed by atoms with Gasteiger partial charge in [-0.3, -0.25) is 4.79 Å². The Hall–Kier alpha value is -0.610. The molecule has 1 aliphatic heterocycles. The highest BCUT2D eigenvalue weighted by Gasteiger charge is 2.32. The van der Waals surface area contributed by atoms with E-state index in [-0.39, 0.29) is 17.4 Å². The summed E-state index contributed by atoms with van der Waals surface area (Å²) in [5, 5.41) is 6.25. The van der Waals surface area contributed by atoms with Crippen LogP contribution in [0.25, 0.3) is 0 Å². The predicted octanol–water partition coefficient (Wildman–Crippen LogP) is 0.383. The van der Waals surface area contributed by atoms with Gasteiger partial charge in [-0.05, 0) is 26.3 Å². The standard InChI is InChI=1S/C11H22N2O2/c1-8-5-12-6-9(8)10(14)13-11(2,3)7-15-4/h8-9,12H,5-7H2,1-4H3,(H,13,14)/t8-,9-/m0/s1. The molecule has 0 radical (unpaired) electrons. The summed E-state index contributed by atoms with van der Waals surface area (Å²) in [6.07, 6.45) is 0. The smallest absolute Gasteiger partial charge is 0.225 e. The Kier molecular flexibility index (Phi) is 4.11. The van der Waals surface area contributed by atoms with Crippen molar-refractivity contribution in [1.29, 1.82) is 0 Å². The van der Waals surface area contributed by atoms with Gasteiger partial charge in [-0.15, -0.1) is 0 Å². The van der Waals surface area contributed by atoms with Crippen LogP contribution in [-0.2, 0) is 9.53 Å². The van der Waals surface area contributed by atoms with Crippen molar-refractivity contribution >= 4 is 5.91 Å². The van der Waals surface area contributed by atoms with Crippen molar-refractivity contribution in [2.75, 3.05) is 26.8 Å². The summed E-state index contributed by atoms with van der Waals surface area (Å²) in [4.78, 5) is 11.9. The summed E-state index contributed by atoms with van der Waals surface area (Å²) in [5.74, 6) is 0.652. The van der Waals surface area contributed by atoms with Crippen LogP contribution in [0.2, 0.25) is 0 Å². The lowest BCUT2D eigenvalue weighted by Gasteiger charge is -2.27. The molecule has 15 heavy (non-hydrogen) atoms. The molecule has 4 nitrogen and oxygen atoms in total. The molecule has 1 amide bonds. The van der Waals surface area contributed by atoms with E-state index >= 15 is 0 Å². The molecule has 1 saturated heterocycles. The molecule has 88 valence electrons. The van der Waals surface area contributed by atoms with Crippen molar-refractivity contribution in [3.8, 4) is 0 Å². The van der Waals surface area contributed by atoms with Gasteiger partial charge in [0.1, 0.15) is 0 Å². The summed E-state index contributed by atoms with van der Waals surface area (Å²) < 4.78 is 5.07. The first-order chi connectivity index (χ1) is 6.96. The molecule has 0 aromatic carbocycles. The van der Waals surface area contributed by atoms with E-state index in [0.29, 0.717) is 12.5 Å². The van der Waals surface area contributed by atoms with E-state index < -0.39 is 0 Å². The summed E-state index contributed by atoms with van der Waals surface area (Å²) in [6, 6.07) is 0. The highest BCUT2D eigenvalue weighted by molar-refractivity contribution is 5.80. The molecule has 0 bridgehead atoms. The largest absolute Gasteiger partial charge is 0.382 e. The maximum atomic E-state index is 11.9. The van der Waals surface area contributed by atoms with Crippen molar-refractivity contribution in [2.24, 2.45) is 11.8 Å². The fourth-order valence-electron chi connectivity index (χ4n) is 1.98. The maximum Gasteiger partial charge on any atom is 0.225 e. The minimum Gasteiger partial charge on any atom is -0.382 e. The van der Waals surface area contributed by atoms with Crippen molar-refractivity contribution in [3.05, 3.63) is 0 Å². The van der Waals surface area contributed by atoms with Gasteiger partial charge in [0, 0.05) is 13.7 Å². The van der Waals surface area contributed by atoms with Crippen LogP contribution in [0.15, 0.2) is 0 Å². The number of amides is 1. The van der Waals surface area contributed by atoms with Gasteiger partial charge in [-0.25, -0.2) is 0 Å². The topological polar surface area (TPSA) is 50.4 Å². The molecule has 2 atom stereocenters.